The van der Waals surface area contributed by atoms with E-state index in [2.05, 4.69) is 19.9 Å². The number of fused-ring (bicyclic) bond motifs is 2. The molecular weight excluding hydrogens is 267 g/mol. The number of hydrogen-bond acceptors (Lipinski definition) is 3. The summed E-state index contributed by atoms with van der Waals surface area (Å²) in [5, 5.41) is 0.775. The number of benzene rings is 1. The molecule has 0 aliphatic rings. The quantitative estimate of drug-likeness (QED) is 0.578. The van der Waals surface area contributed by atoms with E-state index >= 15 is 0 Å². The Hall–Kier alpha value is -2.82. The van der Waals surface area contributed by atoms with Crippen LogP contribution in [0.3, 0.4) is 0 Å². The zero-order chi connectivity index (χ0) is 14.4. The van der Waals surface area contributed by atoms with Gasteiger partial charge in [0.05, 0.1) is 17.4 Å². The Morgan fingerprint density at radius 2 is 2.00 bits per heavy atom. The number of nitrogens with one attached hydrogen (secondary N) is 1. The van der Waals surface area contributed by atoms with Gasteiger partial charge < -0.3 is 4.98 Å². The Labute approximate surface area is 119 Å². The first-order valence-corrected chi connectivity index (χ1v) is 6.58. The van der Waals surface area contributed by atoms with Crippen molar-refractivity contribution < 1.29 is 4.39 Å². The molecule has 0 unspecified atom stereocenters. The molecule has 0 fully saturated rings. The number of nitrogens with zero attached hydrogens (tertiary/aromatic N) is 3. The Balaban J connectivity index is 2.10. The first-order valence-electron chi connectivity index (χ1n) is 6.58. The van der Waals surface area contributed by atoms with Crippen molar-refractivity contribution in [3.8, 4) is 11.1 Å². The Morgan fingerprint density at radius 3 is 2.90 bits per heavy atom. The molecule has 0 atom stereocenters. The second-order valence-corrected chi connectivity index (χ2v) is 4.92. The van der Waals surface area contributed by atoms with Gasteiger partial charge in [0.15, 0.2) is 5.65 Å². The van der Waals surface area contributed by atoms with Gasteiger partial charge in [0, 0.05) is 28.4 Å². The summed E-state index contributed by atoms with van der Waals surface area (Å²) in [6, 6.07) is 8.58. The molecule has 102 valence electrons. The molecule has 4 nitrogen and oxygen atoms in total. The summed E-state index contributed by atoms with van der Waals surface area (Å²) in [5.41, 5.74) is 4.64. The molecule has 5 heteroatoms. The first-order chi connectivity index (χ1) is 10.2. The average molecular weight is 278 g/mol. The summed E-state index contributed by atoms with van der Waals surface area (Å²) in [6.07, 6.45) is 3.31. The SMILES string of the molecule is Cc1nc2nc[nH]c2cc1-c1cc(F)cc2cccnc12. The van der Waals surface area contributed by atoms with Crippen LogP contribution in [0, 0.1) is 12.7 Å². The van der Waals surface area contributed by atoms with Gasteiger partial charge in [-0.1, -0.05) is 6.07 Å². The van der Waals surface area contributed by atoms with Crippen molar-refractivity contribution in [2.45, 2.75) is 6.92 Å². The molecule has 0 saturated heterocycles. The molecule has 0 saturated carbocycles. The number of aryl methyl sites for hydroxylation is 1. The van der Waals surface area contributed by atoms with Gasteiger partial charge in [0.1, 0.15) is 5.82 Å². The summed E-state index contributed by atoms with van der Waals surface area (Å²) in [5.74, 6) is -0.283. The third-order valence-corrected chi connectivity index (χ3v) is 3.56. The maximum atomic E-state index is 13.9. The molecular formula is C16H11FN4. The number of H-pyrrole nitrogens is 1. The summed E-state index contributed by atoms with van der Waals surface area (Å²) in [7, 11) is 0. The predicted octanol–water partition coefficient (Wildman–Crippen LogP) is 3.62. The van der Waals surface area contributed by atoms with Gasteiger partial charge in [-0.05, 0) is 31.2 Å². The molecule has 3 heterocycles. The number of hydrogen-bond donors (Lipinski definition) is 1. The van der Waals surface area contributed by atoms with E-state index in [0.717, 1.165) is 33.2 Å². The van der Waals surface area contributed by atoms with E-state index in [4.69, 9.17) is 0 Å². The van der Waals surface area contributed by atoms with Crippen LogP contribution in [0.2, 0.25) is 0 Å². The molecule has 0 spiro atoms. The lowest BCUT2D eigenvalue weighted by molar-refractivity contribution is 0.630. The molecule has 0 aliphatic heterocycles. The van der Waals surface area contributed by atoms with Crippen LogP contribution in [0.4, 0.5) is 4.39 Å². The van der Waals surface area contributed by atoms with E-state index in [-0.39, 0.29) is 5.82 Å². The number of aromatic amines is 1. The minimum absolute atomic E-state index is 0.283. The first kappa shape index (κ1) is 12.0. The van der Waals surface area contributed by atoms with Gasteiger partial charge in [0.2, 0.25) is 0 Å². The van der Waals surface area contributed by atoms with E-state index in [9.17, 15) is 4.39 Å². The third kappa shape index (κ3) is 1.86. The fourth-order valence-electron chi connectivity index (χ4n) is 2.59. The minimum Gasteiger partial charge on any atom is -0.343 e. The second kappa shape index (κ2) is 4.34. The van der Waals surface area contributed by atoms with Crippen molar-refractivity contribution >= 4 is 22.1 Å². The molecule has 21 heavy (non-hydrogen) atoms. The lowest BCUT2D eigenvalue weighted by Crippen LogP contribution is -1.93. The van der Waals surface area contributed by atoms with Gasteiger partial charge in [-0.15, -0.1) is 0 Å². The topological polar surface area (TPSA) is 54.5 Å². The highest BCUT2D eigenvalue weighted by molar-refractivity contribution is 5.95. The van der Waals surface area contributed by atoms with E-state index < -0.39 is 0 Å². The lowest BCUT2D eigenvalue weighted by Gasteiger charge is -2.09. The number of pyridine rings is 2. The number of halogens is 1. The summed E-state index contributed by atoms with van der Waals surface area (Å²) < 4.78 is 13.9. The maximum absolute atomic E-state index is 13.9. The van der Waals surface area contributed by atoms with Gasteiger partial charge in [-0.25, -0.2) is 14.4 Å². The number of rotatable bonds is 1. The highest BCUT2D eigenvalue weighted by Gasteiger charge is 2.12. The maximum Gasteiger partial charge on any atom is 0.177 e. The fourth-order valence-corrected chi connectivity index (χ4v) is 2.59. The van der Waals surface area contributed by atoms with Crippen molar-refractivity contribution in [3.05, 3.63) is 54.4 Å². The van der Waals surface area contributed by atoms with E-state index in [0.29, 0.717) is 5.65 Å². The highest BCUT2D eigenvalue weighted by atomic mass is 19.1. The van der Waals surface area contributed by atoms with E-state index in [1.165, 1.54) is 12.1 Å². The Bertz CT molecular complexity index is 975. The van der Waals surface area contributed by atoms with Gasteiger partial charge in [-0.2, -0.15) is 0 Å². The molecule has 0 radical (unpaired) electrons. The largest absolute Gasteiger partial charge is 0.343 e. The van der Waals surface area contributed by atoms with Crippen LogP contribution in [0.15, 0.2) is 42.9 Å². The highest BCUT2D eigenvalue weighted by Crippen LogP contribution is 2.31. The van der Waals surface area contributed by atoms with Crippen LogP contribution in [-0.2, 0) is 0 Å². The number of imidazole rings is 1. The smallest absolute Gasteiger partial charge is 0.177 e. The van der Waals surface area contributed by atoms with E-state index in [1.54, 1.807) is 18.6 Å². The molecule has 3 aromatic heterocycles. The van der Waals surface area contributed by atoms with Crippen LogP contribution in [0.1, 0.15) is 5.69 Å². The Kier molecular flexibility index (Phi) is 2.47. The van der Waals surface area contributed by atoms with Gasteiger partial charge in [0.25, 0.3) is 0 Å². The molecule has 4 aromatic rings. The van der Waals surface area contributed by atoms with Gasteiger partial charge in [-0.3, -0.25) is 4.98 Å². The predicted molar refractivity (Wildman–Crippen MR) is 79.3 cm³/mol. The second-order valence-electron chi connectivity index (χ2n) is 4.92. The van der Waals surface area contributed by atoms with Crippen LogP contribution in [0.5, 0.6) is 0 Å². The molecule has 1 aromatic carbocycles. The summed E-state index contributed by atoms with van der Waals surface area (Å²) in [6.45, 7) is 1.89. The van der Waals surface area contributed by atoms with Crippen LogP contribution < -0.4 is 0 Å². The van der Waals surface area contributed by atoms with Crippen molar-refractivity contribution in [3.63, 3.8) is 0 Å². The lowest BCUT2D eigenvalue weighted by atomic mass is 10.0. The van der Waals surface area contributed by atoms with Crippen molar-refractivity contribution in [1.29, 1.82) is 0 Å². The summed E-state index contributed by atoms with van der Waals surface area (Å²) in [4.78, 5) is 16.0. The number of aromatic nitrogens is 4. The third-order valence-electron chi connectivity index (χ3n) is 3.56. The van der Waals surface area contributed by atoms with Crippen molar-refractivity contribution in [2.75, 3.05) is 0 Å². The minimum atomic E-state index is -0.283. The molecule has 1 N–H and O–H groups in total. The molecule has 4 rings (SSSR count). The van der Waals surface area contributed by atoms with Crippen LogP contribution in [0.25, 0.3) is 33.2 Å². The molecule has 0 amide bonds. The van der Waals surface area contributed by atoms with Gasteiger partial charge >= 0.3 is 0 Å². The average Bonchev–Trinajstić information content (AvgIpc) is 2.92. The molecule has 0 bridgehead atoms. The summed E-state index contributed by atoms with van der Waals surface area (Å²) >= 11 is 0. The van der Waals surface area contributed by atoms with Crippen LogP contribution >= 0.6 is 0 Å². The standard InChI is InChI=1S/C16H11FN4/c1-9-12(7-14-16(21-9)20-8-19-14)13-6-11(17)5-10-3-2-4-18-15(10)13/h2-8H,1H3,(H,19,20,21). The van der Waals surface area contributed by atoms with E-state index in [1.807, 2.05) is 19.1 Å². The van der Waals surface area contributed by atoms with Crippen molar-refractivity contribution in [1.82, 2.24) is 19.9 Å². The molecule has 0 aliphatic carbocycles. The monoisotopic (exact) mass is 278 g/mol. The van der Waals surface area contributed by atoms with Crippen LogP contribution in [-0.4, -0.2) is 19.9 Å². The zero-order valence-corrected chi connectivity index (χ0v) is 11.3. The Morgan fingerprint density at radius 1 is 1.10 bits per heavy atom. The van der Waals surface area contributed by atoms with Crippen molar-refractivity contribution in [2.24, 2.45) is 0 Å². The fraction of sp³-hybridized carbons (Fsp3) is 0.0625. The zero-order valence-electron chi connectivity index (χ0n) is 11.3. The normalized spacial score (nSPS) is 11.3.